The van der Waals surface area contributed by atoms with Gasteiger partial charge in [-0.15, -0.1) is 0 Å². The minimum Gasteiger partial charge on any atom is -0.496 e. The maximum Gasteiger partial charge on any atom is 0.153 e. The molecule has 4 heteroatoms. The van der Waals surface area contributed by atoms with E-state index in [2.05, 4.69) is 53.7 Å². The molecule has 0 fully saturated rings. The number of aldehydes is 2. The monoisotopic (exact) mass is 438 g/mol. The van der Waals surface area contributed by atoms with E-state index in [4.69, 9.17) is 9.47 Å². The number of carbonyl (C=O) groups is 2. The van der Waals surface area contributed by atoms with Crippen LogP contribution in [0.1, 0.15) is 97.4 Å². The fourth-order valence-corrected chi connectivity index (χ4v) is 3.97. The summed E-state index contributed by atoms with van der Waals surface area (Å²) in [4.78, 5) is 23.3. The fraction of sp³-hybridized carbons (Fsp3) is 0.500. The highest BCUT2D eigenvalue weighted by atomic mass is 16.5. The van der Waals surface area contributed by atoms with Crippen molar-refractivity contribution in [2.45, 2.75) is 78.1 Å². The first-order valence-electron chi connectivity index (χ1n) is 11.3. The Morgan fingerprint density at radius 1 is 0.656 bits per heavy atom. The number of benzene rings is 2. The topological polar surface area (TPSA) is 52.6 Å². The Bertz CT molecular complexity index is 879. The lowest BCUT2D eigenvalue weighted by Crippen LogP contribution is -2.13. The van der Waals surface area contributed by atoms with Gasteiger partial charge in [0.25, 0.3) is 0 Å². The van der Waals surface area contributed by atoms with Crippen molar-refractivity contribution in [2.75, 3.05) is 14.2 Å². The van der Waals surface area contributed by atoms with Gasteiger partial charge < -0.3 is 9.47 Å². The molecule has 0 radical (unpaired) electrons. The molecule has 0 bridgehead atoms. The zero-order chi connectivity index (χ0) is 24.1. The van der Waals surface area contributed by atoms with Crippen molar-refractivity contribution in [1.29, 1.82) is 0 Å². The summed E-state index contributed by atoms with van der Waals surface area (Å²) >= 11 is 0. The first-order valence-corrected chi connectivity index (χ1v) is 11.3. The quantitative estimate of drug-likeness (QED) is 0.332. The van der Waals surface area contributed by atoms with E-state index in [-0.39, 0.29) is 10.8 Å². The van der Waals surface area contributed by atoms with E-state index < -0.39 is 0 Å². The molecule has 174 valence electrons. The molecule has 0 saturated heterocycles. The van der Waals surface area contributed by atoms with Crippen molar-refractivity contribution in [1.82, 2.24) is 0 Å². The van der Waals surface area contributed by atoms with Crippen LogP contribution in [-0.4, -0.2) is 26.8 Å². The van der Waals surface area contributed by atoms with E-state index >= 15 is 0 Å². The van der Waals surface area contributed by atoms with Gasteiger partial charge in [-0.25, -0.2) is 0 Å². The van der Waals surface area contributed by atoms with Gasteiger partial charge in [-0.05, 0) is 70.9 Å². The molecule has 4 nitrogen and oxygen atoms in total. The van der Waals surface area contributed by atoms with Gasteiger partial charge in [0.1, 0.15) is 11.5 Å². The maximum absolute atomic E-state index is 11.7. The van der Waals surface area contributed by atoms with E-state index in [1.165, 1.54) is 0 Å². The molecule has 0 amide bonds. The lowest BCUT2D eigenvalue weighted by molar-refractivity contribution is 0.111. The predicted octanol–water partition coefficient (Wildman–Crippen LogP) is 6.49. The van der Waals surface area contributed by atoms with Crippen LogP contribution in [0.4, 0.5) is 0 Å². The van der Waals surface area contributed by atoms with Crippen LogP contribution in [0.5, 0.6) is 11.5 Å². The standard InChI is InChI=1S/C28H38O4/c1-27(2,3)23-13-19(25(31-7)21(15-23)17-29)11-9-10-12-20-14-24(28(4,5)6)16-22(18-30)26(20)32-8/h13-18H,9-12H2,1-8H3. The molecule has 0 aliphatic carbocycles. The minimum absolute atomic E-state index is 0.0508. The predicted molar refractivity (Wildman–Crippen MR) is 131 cm³/mol. The summed E-state index contributed by atoms with van der Waals surface area (Å²) in [7, 11) is 3.23. The molecular weight excluding hydrogens is 400 g/mol. The van der Waals surface area contributed by atoms with Crippen molar-refractivity contribution >= 4 is 12.6 Å². The number of methoxy groups -OCH3 is 2. The number of unbranched alkanes of at least 4 members (excludes halogenated alkanes) is 1. The number of carbonyl (C=O) groups excluding carboxylic acids is 2. The zero-order valence-electron chi connectivity index (χ0n) is 20.9. The van der Waals surface area contributed by atoms with Crippen LogP contribution in [-0.2, 0) is 23.7 Å². The largest absolute Gasteiger partial charge is 0.496 e. The third-order valence-electron chi connectivity index (χ3n) is 5.93. The van der Waals surface area contributed by atoms with Crippen LogP contribution in [0.25, 0.3) is 0 Å². The summed E-state index contributed by atoms with van der Waals surface area (Å²) in [5.41, 5.74) is 5.48. The number of ether oxygens (including phenoxy) is 2. The average Bonchev–Trinajstić information content (AvgIpc) is 2.73. The highest BCUT2D eigenvalue weighted by molar-refractivity contribution is 5.81. The Balaban J connectivity index is 2.25. The van der Waals surface area contributed by atoms with E-state index in [0.29, 0.717) is 22.6 Å². The molecule has 0 N–H and O–H groups in total. The lowest BCUT2D eigenvalue weighted by atomic mass is 9.83. The maximum atomic E-state index is 11.7. The van der Waals surface area contributed by atoms with E-state index in [1.54, 1.807) is 14.2 Å². The van der Waals surface area contributed by atoms with Crippen LogP contribution >= 0.6 is 0 Å². The summed E-state index contributed by atoms with van der Waals surface area (Å²) in [5.74, 6) is 1.34. The van der Waals surface area contributed by atoms with Crippen LogP contribution in [0.3, 0.4) is 0 Å². The van der Waals surface area contributed by atoms with Crippen molar-refractivity contribution < 1.29 is 19.1 Å². The normalized spacial score (nSPS) is 11.9. The molecule has 0 spiro atoms. The molecule has 0 atom stereocenters. The number of rotatable bonds is 9. The molecule has 0 heterocycles. The Morgan fingerprint density at radius 3 is 1.25 bits per heavy atom. The molecule has 0 saturated carbocycles. The lowest BCUT2D eigenvalue weighted by Gasteiger charge is -2.23. The molecular formula is C28H38O4. The zero-order valence-corrected chi connectivity index (χ0v) is 20.9. The summed E-state index contributed by atoms with van der Waals surface area (Å²) in [6.45, 7) is 12.9. The third kappa shape index (κ3) is 5.99. The molecule has 2 rings (SSSR count). The number of aryl methyl sites for hydroxylation is 2. The van der Waals surface area contributed by atoms with Gasteiger partial charge in [-0.1, -0.05) is 53.7 Å². The minimum atomic E-state index is -0.0508. The highest BCUT2D eigenvalue weighted by Crippen LogP contribution is 2.34. The molecule has 2 aromatic rings. The van der Waals surface area contributed by atoms with Crippen LogP contribution < -0.4 is 9.47 Å². The molecule has 0 aromatic heterocycles. The van der Waals surface area contributed by atoms with E-state index in [9.17, 15) is 9.59 Å². The van der Waals surface area contributed by atoms with E-state index in [0.717, 1.165) is 60.5 Å². The van der Waals surface area contributed by atoms with Crippen molar-refractivity contribution in [3.05, 3.63) is 57.6 Å². The van der Waals surface area contributed by atoms with Gasteiger partial charge in [-0.2, -0.15) is 0 Å². The van der Waals surface area contributed by atoms with Gasteiger partial charge in [-0.3, -0.25) is 9.59 Å². The highest BCUT2D eigenvalue weighted by Gasteiger charge is 2.21. The molecule has 0 aliphatic rings. The molecule has 32 heavy (non-hydrogen) atoms. The first kappa shape index (κ1) is 25.6. The number of hydrogen-bond acceptors (Lipinski definition) is 4. The second-order valence-corrected chi connectivity index (χ2v) is 10.5. The second-order valence-electron chi connectivity index (χ2n) is 10.5. The van der Waals surface area contributed by atoms with Crippen molar-refractivity contribution in [3.63, 3.8) is 0 Å². The molecule has 2 aromatic carbocycles. The van der Waals surface area contributed by atoms with Crippen LogP contribution in [0.2, 0.25) is 0 Å². The van der Waals surface area contributed by atoms with Crippen molar-refractivity contribution in [2.24, 2.45) is 0 Å². The van der Waals surface area contributed by atoms with E-state index in [1.807, 2.05) is 12.1 Å². The van der Waals surface area contributed by atoms with Crippen LogP contribution in [0.15, 0.2) is 24.3 Å². The Hall–Kier alpha value is -2.62. The Labute approximate surface area is 193 Å². The molecule has 0 aliphatic heterocycles. The smallest absolute Gasteiger partial charge is 0.153 e. The second kappa shape index (κ2) is 10.3. The van der Waals surface area contributed by atoms with Crippen molar-refractivity contribution in [3.8, 4) is 11.5 Å². The number of hydrogen-bond donors (Lipinski definition) is 0. The Kier molecular flexibility index (Phi) is 8.28. The molecule has 0 unspecified atom stereocenters. The summed E-state index contributed by atoms with van der Waals surface area (Å²) < 4.78 is 11.2. The van der Waals surface area contributed by atoms with Gasteiger partial charge in [0.05, 0.1) is 25.3 Å². The SMILES string of the molecule is COc1c(C=O)cc(C(C)(C)C)cc1CCCCc1cc(C(C)(C)C)cc(C=O)c1OC. The van der Waals surface area contributed by atoms with Gasteiger partial charge in [0, 0.05) is 0 Å². The average molecular weight is 439 g/mol. The van der Waals surface area contributed by atoms with Gasteiger partial charge in [0.2, 0.25) is 0 Å². The van der Waals surface area contributed by atoms with Gasteiger partial charge in [0.15, 0.2) is 12.6 Å². The Morgan fingerprint density at radius 2 is 1.00 bits per heavy atom. The van der Waals surface area contributed by atoms with Crippen LogP contribution in [0, 0.1) is 0 Å². The summed E-state index contributed by atoms with van der Waals surface area (Å²) in [5, 5.41) is 0. The third-order valence-corrected chi connectivity index (χ3v) is 5.93. The summed E-state index contributed by atoms with van der Waals surface area (Å²) in [6.07, 6.45) is 5.25. The summed E-state index contributed by atoms with van der Waals surface area (Å²) in [6, 6.07) is 8.19. The van der Waals surface area contributed by atoms with Gasteiger partial charge >= 0.3 is 0 Å². The first-order chi connectivity index (χ1) is 15.0. The fourth-order valence-electron chi connectivity index (χ4n) is 3.97.